The average molecular weight is 1080 g/mol. The average Bonchev–Trinajstić information content (AvgIpc) is 3.29. The third-order valence-electron chi connectivity index (χ3n) is 14.0. The van der Waals surface area contributed by atoms with Crippen molar-refractivity contribution in [2.24, 2.45) is 0 Å². The number of hydrogen-bond acceptors (Lipinski definition) is 12. The van der Waals surface area contributed by atoms with Crippen LogP contribution in [0, 0.1) is 11.6 Å². The van der Waals surface area contributed by atoms with Crippen molar-refractivity contribution in [3.8, 4) is 0 Å². The first-order chi connectivity index (χ1) is 33.3. The molecule has 0 N–H and O–H groups in total. The first kappa shape index (κ1) is 58.5. The normalized spacial score (nSPS) is 16.0. The van der Waals surface area contributed by atoms with Gasteiger partial charge in [0.2, 0.25) is 20.0 Å². The van der Waals surface area contributed by atoms with E-state index in [0.717, 1.165) is 23.2 Å². The highest BCUT2D eigenvalue weighted by Crippen LogP contribution is 2.37. The number of piperazine rings is 2. The van der Waals surface area contributed by atoms with Gasteiger partial charge in [0.05, 0.1) is 43.6 Å². The quantitative estimate of drug-likeness (QED) is 0.0785. The highest BCUT2D eigenvalue weighted by molar-refractivity contribution is 7.88. The number of benzene rings is 2. The zero-order valence-corrected chi connectivity index (χ0v) is 47.9. The molecular formula is C50H76F2N8O8S2Si2. The maximum atomic E-state index is 13.4. The molecule has 72 heavy (non-hydrogen) atoms. The first-order valence-corrected chi connectivity index (χ1v) is 33.9. The molecule has 0 atom stereocenters. The minimum Gasteiger partial charge on any atom is -0.417 e. The second-order valence-electron chi connectivity index (χ2n) is 21.6. The second kappa shape index (κ2) is 23.8. The second-order valence-corrected chi connectivity index (χ2v) is 35.2. The summed E-state index contributed by atoms with van der Waals surface area (Å²) in [6, 6.07) is 12.1. The lowest BCUT2D eigenvalue weighted by Gasteiger charge is -2.36. The number of sulfonamides is 2. The molecular weight excluding hydrogens is 999 g/mol. The molecule has 4 heterocycles. The van der Waals surface area contributed by atoms with Gasteiger partial charge in [-0.15, -0.1) is 0 Å². The van der Waals surface area contributed by atoms with Crippen LogP contribution >= 0.6 is 0 Å². The molecule has 0 aliphatic carbocycles. The van der Waals surface area contributed by atoms with Crippen LogP contribution in [-0.2, 0) is 48.4 Å². The summed E-state index contributed by atoms with van der Waals surface area (Å²) in [5.41, 5.74) is 2.45. The van der Waals surface area contributed by atoms with E-state index < -0.39 is 36.7 Å². The van der Waals surface area contributed by atoms with E-state index in [1.165, 1.54) is 45.4 Å². The molecule has 0 radical (unpaired) electrons. The molecule has 22 heteroatoms. The maximum Gasteiger partial charge on any atom is 0.293 e. The van der Waals surface area contributed by atoms with Gasteiger partial charge in [0, 0.05) is 71.4 Å². The zero-order valence-electron chi connectivity index (χ0n) is 44.2. The van der Waals surface area contributed by atoms with E-state index in [9.17, 15) is 35.2 Å². The fourth-order valence-corrected chi connectivity index (χ4v) is 11.1. The van der Waals surface area contributed by atoms with Crippen molar-refractivity contribution in [3.63, 3.8) is 0 Å². The molecule has 0 bridgehead atoms. The summed E-state index contributed by atoms with van der Waals surface area (Å²) >= 11 is 0. The number of anilines is 2. The van der Waals surface area contributed by atoms with Crippen LogP contribution in [0.2, 0.25) is 36.3 Å². The van der Waals surface area contributed by atoms with Gasteiger partial charge in [-0.25, -0.2) is 35.6 Å². The van der Waals surface area contributed by atoms with Crippen LogP contribution in [0.25, 0.3) is 6.08 Å². The molecule has 16 nitrogen and oxygen atoms in total. The van der Waals surface area contributed by atoms with E-state index >= 15 is 0 Å². The summed E-state index contributed by atoms with van der Waals surface area (Å²) in [5.74, 6) is -0.0610. The number of hydrogen-bond donors (Lipinski definition) is 0. The monoisotopic (exact) mass is 1070 g/mol. The fourth-order valence-electron chi connectivity index (χ4n) is 7.45. The SMILES string of the molecule is CC(C)(C)[Si](C)(C)OC/C=C/c1cn(Cc2ccc(F)cc2)c(=O)c(N2CCN(S(C)(=O)=O)CC2)n1.CC(C)(C)[Si](C)(C)OCCCc1cn(Cc2ccc(F)cc2)c(=O)c(N2CCN(S(C)(=O)=O)CC2)n1. The number of halogens is 2. The van der Waals surface area contributed by atoms with E-state index in [2.05, 4.69) is 72.7 Å². The Balaban J connectivity index is 0.000000267. The Bertz CT molecular complexity index is 2840. The minimum absolute atomic E-state index is 0.1000. The largest absolute Gasteiger partial charge is 0.417 e. The molecule has 0 spiro atoms. The van der Waals surface area contributed by atoms with E-state index in [4.69, 9.17) is 13.8 Å². The van der Waals surface area contributed by atoms with Gasteiger partial charge < -0.3 is 27.8 Å². The Morgan fingerprint density at radius 3 is 1.43 bits per heavy atom. The topological polar surface area (TPSA) is 169 Å². The van der Waals surface area contributed by atoms with Gasteiger partial charge >= 0.3 is 0 Å². The molecule has 2 saturated heterocycles. The molecule has 0 unspecified atom stereocenters. The molecule has 6 rings (SSSR count). The Kier molecular flexibility index (Phi) is 19.4. The third-order valence-corrected chi connectivity index (χ3v) is 25.7. The summed E-state index contributed by atoms with van der Waals surface area (Å²) in [4.78, 5) is 39.7. The molecule has 4 aromatic rings. The molecule has 2 aliphatic heterocycles. The lowest BCUT2D eigenvalue weighted by Crippen LogP contribution is -2.50. The Hall–Kier alpha value is -4.43. The van der Waals surface area contributed by atoms with Gasteiger partial charge in [-0.1, -0.05) is 71.9 Å². The standard InChI is InChI=1S/C25H39FN4O4SSi.C25H37FN4O4SSi/c2*1-25(2,3)36(5,6)34-17-7-8-22-19-29(18-20-9-11-21(26)12-10-20)24(31)23(27-22)28-13-15-30(16-14-28)35(4,32)33/h9-12,19H,7-8,13-18H2,1-6H3;7-12,19H,13-18H2,1-6H3/b;8-7+. The Morgan fingerprint density at radius 2 is 1.01 bits per heavy atom. The van der Waals surface area contributed by atoms with Crippen LogP contribution in [0.5, 0.6) is 0 Å². The van der Waals surface area contributed by atoms with Gasteiger partial charge in [-0.2, -0.15) is 8.61 Å². The molecule has 0 amide bonds. The molecule has 2 aromatic carbocycles. The van der Waals surface area contributed by atoms with E-state index in [1.54, 1.807) is 45.8 Å². The lowest BCUT2D eigenvalue weighted by atomic mass is 10.2. The summed E-state index contributed by atoms with van der Waals surface area (Å²) in [5, 5.41) is 0.234. The number of rotatable bonds is 17. The molecule has 2 fully saturated rings. The van der Waals surface area contributed by atoms with Gasteiger partial charge in [0.1, 0.15) is 11.6 Å². The third kappa shape index (κ3) is 16.3. The van der Waals surface area contributed by atoms with E-state index in [0.29, 0.717) is 90.0 Å². The highest BCUT2D eigenvalue weighted by Gasteiger charge is 2.38. The van der Waals surface area contributed by atoms with Crippen molar-refractivity contribution in [2.75, 3.05) is 87.9 Å². The number of nitrogens with zero attached hydrogens (tertiary/aromatic N) is 8. The molecule has 0 saturated carbocycles. The first-order valence-electron chi connectivity index (χ1n) is 24.4. The van der Waals surface area contributed by atoms with Gasteiger partial charge in [-0.3, -0.25) is 9.59 Å². The zero-order chi connectivity index (χ0) is 53.5. The molecule has 2 aromatic heterocycles. The maximum absolute atomic E-state index is 13.4. The number of aromatic nitrogens is 4. The predicted molar refractivity (Wildman–Crippen MR) is 289 cm³/mol. The van der Waals surface area contributed by atoms with Gasteiger partial charge in [-0.05, 0) is 90.6 Å². The van der Waals surface area contributed by atoms with Crippen molar-refractivity contribution in [1.29, 1.82) is 0 Å². The van der Waals surface area contributed by atoms with Crippen LogP contribution < -0.4 is 20.9 Å². The Labute approximate surface area is 428 Å². The minimum atomic E-state index is -3.29. The molecule has 398 valence electrons. The predicted octanol–water partition coefficient (Wildman–Crippen LogP) is 7.01. The van der Waals surface area contributed by atoms with Crippen LogP contribution in [0.1, 0.15) is 70.5 Å². The van der Waals surface area contributed by atoms with Crippen LogP contribution in [0.3, 0.4) is 0 Å². The van der Waals surface area contributed by atoms with Crippen LogP contribution in [0.15, 0.2) is 76.6 Å². The van der Waals surface area contributed by atoms with Gasteiger partial charge in [0.25, 0.3) is 11.1 Å². The van der Waals surface area contributed by atoms with Crippen molar-refractivity contribution in [1.82, 2.24) is 27.7 Å². The van der Waals surface area contributed by atoms with Crippen molar-refractivity contribution < 1.29 is 34.5 Å². The lowest BCUT2D eigenvalue weighted by molar-refractivity contribution is 0.282. The van der Waals surface area contributed by atoms with Crippen molar-refractivity contribution in [2.45, 2.75) is 104 Å². The Morgan fingerprint density at radius 1 is 0.611 bits per heavy atom. The summed E-state index contributed by atoms with van der Waals surface area (Å²) in [6.45, 7) is 26.4. The van der Waals surface area contributed by atoms with E-state index in [1.807, 2.05) is 22.0 Å². The summed E-state index contributed by atoms with van der Waals surface area (Å²) < 4.78 is 92.9. The number of aryl methyl sites for hydroxylation is 1. The van der Waals surface area contributed by atoms with Crippen LogP contribution in [0.4, 0.5) is 20.4 Å². The fraction of sp³-hybridized carbons (Fsp3) is 0.560. The smallest absolute Gasteiger partial charge is 0.293 e. The summed E-state index contributed by atoms with van der Waals surface area (Å²) in [6.07, 6.45) is 11.0. The van der Waals surface area contributed by atoms with Crippen molar-refractivity contribution in [3.05, 3.63) is 122 Å². The highest BCUT2D eigenvalue weighted by atomic mass is 32.2. The van der Waals surface area contributed by atoms with Crippen LogP contribution in [-0.4, -0.2) is 139 Å². The summed E-state index contributed by atoms with van der Waals surface area (Å²) in [7, 11) is -10.3. The van der Waals surface area contributed by atoms with Gasteiger partial charge in [0.15, 0.2) is 28.3 Å². The van der Waals surface area contributed by atoms with Crippen molar-refractivity contribution >= 4 is 54.4 Å². The van der Waals surface area contributed by atoms with E-state index in [-0.39, 0.29) is 45.2 Å². The molecule has 2 aliphatic rings.